The molecular weight excluding hydrogens is 323 g/mol. The number of anilines is 1. The van der Waals surface area contributed by atoms with Crippen LogP contribution >= 0.6 is 0 Å². The molecule has 2 heterocycles. The van der Waals surface area contributed by atoms with Crippen LogP contribution in [-0.2, 0) is 6.18 Å². The topological polar surface area (TPSA) is 54.5 Å². The quantitative estimate of drug-likeness (QED) is 0.934. The van der Waals surface area contributed by atoms with Gasteiger partial charge in [-0.2, -0.15) is 13.2 Å². The summed E-state index contributed by atoms with van der Waals surface area (Å²) in [4.78, 5) is 17.5. The highest BCUT2D eigenvalue weighted by Crippen LogP contribution is 2.30. The van der Waals surface area contributed by atoms with Crippen LogP contribution in [0, 0.1) is 0 Å². The molecule has 0 spiro atoms. The minimum atomic E-state index is -4.45. The number of benzene rings is 1. The number of pyridine rings is 1. The molecule has 1 aromatic heterocycles. The summed E-state index contributed by atoms with van der Waals surface area (Å²) >= 11 is 0. The molecule has 1 aromatic carbocycles. The Balaban J connectivity index is 1.52. The molecule has 8 heteroatoms. The lowest BCUT2D eigenvalue weighted by atomic mass is 10.1. The summed E-state index contributed by atoms with van der Waals surface area (Å²) in [5.74, 6) is 0.473. The van der Waals surface area contributed by atoms with Gasteiger partial charge in [0, 0.05) is 18.0 Å². The summed E-state index contributed by atoms with van der Waals surface area (Å²) in [7, 11) is 0. The second-order valence-electron chi connectivity index (χ2n) is 5.32. The second-order valence-corrected chi connectivity index (χ2v) is 5.32. The molecule has 126 valence electrons. The number of hydrogen-bond donors (Lipinski definition) is 1. The van der Waals surface area contributed by atoms with Crippen LogP contribution in [0.5, 0.6) is 5.88 Å². The standard InChI is InChI=1S/C16H14F3N3O2/c17-16(18,19)11-4-3-5-12(8-11)21-15(23)22-9-13(10-22)24-14-6-1-2-7-20-14/h1-8,13H,9-10H2,(H,21,23). The fraction of sp³-hybridized carbons (Fsp3) is 0.250. The first-order valence-corrected chi connectivity index (χ1v) is 7.23. The van der Waals surface area contributed by atoms with E-state index < -0.39 is 17.8 Å². The Morgan fingerprint density at radius 1 is 1.21 bits per heavy atom. The Bertz CT molecular complexity index is 716. The molecule has 3 rings (SSSR count). The van der Waals surface area contributed by atoms with E-state index in [2.05, 4.69) is 10.3 Å². The van der Waals surface area contributed by atoms with Crippen LogP contribution < -0.4 is 10.1 Å². The van der Waals surface area contributed by atoms with Crippen LogP contribution in [-0.4, -0.2) is 35.1 Å². The third kappa shape index (κ3) is 3.76. The maximum absolute atomic E-state index is 12.7. The number of carbonyl (C=O) groups excluding carboxylic acids is 1. The molecule has 1 aliphatic heterocycles. The van der Waals surface area contributed by atoms with Gasteiger partial charge in [-0.15, -0.1) is 0 Å². The van der Waals surface area contributed by atoms with E-state index in [1.807, 2.05) is 0 Å². The maximum atomic E-state index is 12.7. The van der Waals surface area contributed by atoms with E-state index in [1.165, 1.54) is 17.0 Å². The lowest BCUT2D eigenvalue weighted by Crippen LogP contribution is -2.57. The molecule has 2 amide bonds. The Morgan fingerprint density at radius 3 is 2.67 bits per heavy atom. The first-order valence-electron chi connectivity index (χ1n) is 7.23. The summed E-state index contributed by atoms with van der Waals surface area (Å²) in [5.41, 5.74) is -0.704. The predicted molar refractivity (Wildman–Crippen MR) is 80.7 cm³/mol. The van der Waals surface area contributed by atoms with E-state index in [0.717, 1.165) is 12.1 Å². The largest absolute Gasteiger partial charge is 0.471 e. The SMILES string of the molecule is O=C(Nc1cccc(C(F)(F)F)c1)N1CC(Oc2ccccn2)C1. The van der Waals surface area contributed by atoms with Crippen molar-refractivity contribution < 1.29 is 22.7 Å². The van der Waals surface area contributed by atoms with Gasteiger partial charge in [0.15, 0.2) is 0 Å². The van der Waals surface area contributed by atoms with Gasteiger partial charge in [-0.25, -0.2) is 9.78 Å². The minimum absolute atomic E-state index is 0.101. The zero-order valence-electron chi connectivity index (χ0n) is 12.5. The van der Waals surface area contributed by atoms with Crippen molar-refractivity contribution in [1.29, 1.82) is 0 Å². The van der Waals surface area contributed by atoms with E-state index in [9.17, 15) is 18.0 Å². The molecule has 0 saturated carbocycles. The molecule has 24 heavy (non-hydrogen) atoms. The number of urea groups is 1. The van der Waals surface area contributed by atoms with Gasteiger partial charge < -0.3 is 15.0 Å². The van der Waals surface area contributed by atoms with Crippen LogP contribution in [0.15, 0.2) is 48.7 Å². The van der Waals surface area contributed by atoms with Gasteiger partial charge in [0.1, 0.15) is 6.10 Å². The van der Waals surface area contributed by atoms with Crippen LogP contribution in [0.3, 0.4) is 0 Å². The number of amides is 2. The molecule has 0 aliphatic carbocycles. The molecule has 0 unspecified atom stereocenters. The van der Waals surface area contributed by atoms with Crippen LogP contribution in [0.25, 0.3) is 0 Å². The van der Waals surface area contributed by atoms with Crippen molar-refractivity contribution in [2.24, 2.45) is 0 Å². The zero-order valence-corrected chi connectivity index (χ0v) is 12.5. The van der Waals surface area contributed by atoms with Crippen LogP contribution in [0.2, 0.25) is 0 Å². The molecule has 1 N–H and O–H groups in total. The Morgan fingerprint density at radius 2 is 2.00 bits per heavy atom. The lowest BCUT2D eigenvalue weighted by molar-refractivity contribution is -0.137. The van der Waals surface area contributed by atoms with Gasteiger partial charge in [0.05, 0.1) is 18.7 Å². The maximum Gasteiger partial charge on any atom is 0.416 e. The van der Waals surface area contributed by atoms with Gasteiger partial charge in [-0.3, -0.25) is 0 Å². The van der Waals surface area contributed by atoms with E-state index in [0.29, 0.717) is 19.0 Å². The lowest BCUT2D eigenvalue weighted by Gasteiger charge is -2.38. The Kier molecular flexibility index (Phi) is 4.28. The molecular formula is C16H14F3N3O2. The minimum Gasteiger partial charge on any atom is -0.471 e. The first-order chi connectivity index (χ1) is 11.4. The number of ether oxygens (including phenoxy) is 1. The summed E-state index contributed by atoms with van der Waals surface area (Å²) in [6.07, 6.45) is -3.02. The highest BCUT2D eigenvalue weighted by Gasteiger charge is 2.33. The van der Waals surface area contributed by atoms with Crippen LogP contribution in [0.4, 0.5) is 23.7 Å². The zero-order chi connectivity index (χ0) is 17.2. The average molecular weight is 337 g/mol. The Hall–Kier alpha value is -2.77. The number of nitrogens with one attached hydrogen (secondary N) is 1. The van der Waals surface area contributed by atoms with Crippen molar-refractivity contribution in [3.05, 3.63) is 54.2 Å². The third-order valence-electron chi connectivity index (χ3n) is 3.50. The smallest absolute Gasteiger partial charge is 0.416 e. The van der Waals surface area contributed by atoms with Crippen molar-refractivity contribution in [3.63, 3.8) is 0 Å². The number of nitrogens with zero attached hydrogens (tertiary/aromatic N) is 2. The van der Waals surface area contributed by atoms with Gasteiger partial charge in [-0.05, 0) is 24.3 Å². The number of rotatable bonds is 3. The predicted octanol–water partition coefficient (Wildman–Crippen LogP) is 3.40. The molecule has 2 aromatic rings. The van der Waals surface area contributed by atoms with E-state index in [4.69, 9.17) is 4.74 Å². The average Bonchev–Trinajstić information content (AvgIpc) is 2.51. The molecule has 1 saturated heterocycles. The number of alkyl halides is 3. The van der Waals surface area contributed by atoms with E-state index in [1.54, 1.807) is 24.4 Å². The van der Waals surface area contributed by atoms with Gasteiger partial charge in [0.25, 0.3) is 0 Å². The monoisotopic (exact) mass is 337 g/mol. The number of halogens is 3. The van der Waals surface area contributed by atoms with Crippen molar-refractivity contribution >= 4 is 11.7 Å². The summed E-state index contributed by atoms with van der Waals surface area (Å²) in [6.45, 7) is 0.697. The fourth-order valence-corrected chi connectivity index (χ4v) is 2.24. The molecule has 1 aliphatic rings. The van der Waals surface area contributed by atoms with Gasteiger partial charge in [-0.1, -0.05) is 12.1 Å². The van der Waals surface area contributed by atoms with Crippen LogP contribution in [0.1, 0.15) is 5.56 Å². The van der Waals surface area contributed by atoms with Crippen molar-refractivity contribution in [1.82, 2.24) is 9.88 Å². The third-order valence-corrected chi connectivity index (χ3v) is 3.50. The van der Waals surface area contributed by atoms with E-state index >= 15 is 0 Å². The van der Waals surface area contributed by atoms with Gasteiger partial charge >= 0.3 is 12.2 Å². The first kappa shape index (κ1) is 16.1. The van der Waals surface area contributed by atoms with Crippen molar-refractivity contribution in [3.8, 4) is 5.88 Å². The highest BCUT2D eigenvalue weighted by atomic mass is 19.4. The summed E-state index contributed by atoms with van der Waals surface area (Å²) < 4.78 is 43.5. The second kappa shape index (κ2) is 6.38. The van der Waals surface area contributed by atoms with Gasteiger partial charge in [0.2, 0.25) is 5.88 Å². The van der Waals surface area contributed by atoms with Crippen molar-refractivity contribution in [2.45, 2.75) is 12.3 Å². The summed E-state index contributed by atoms with van der Waals surface area (Å²) in [6, 6.07) is 9.33. The van der Waals surface area contributed by atoms with Crippen molar-refractivity contribution in [2.75, 3.05) is 18.4 Å². The molecule has 0 atom stereocenters. The highest BCUT2D eigenvalue weighted by molar-refractivity contribution is 5.90. The molecule has 0 bridgehead atoms. The van der Waals surface area contributed by atoms with E-state index in [-0.39, 0.29) is 11.8 Å². The fourth-order valence-electron chi connectivity index (χ4n) is 2.24. The number of hydrogen-bond acceptors (Lipinski definition) is 3. The molecule has 0 radical (unpaired) electrons. The number of carbonyl (C=O) groups is 1. The number of likely N-dealkylation sites (tertiary alicyclic amines) is 1. The normalized spacial score (nSPS) is 14.9. The Labute approximate surface area is 136 Å². The molecule has 1 fully saturated rings. The summed E-state index contributed by atoms with van der Waals surface area (Å²) in [5, 5.41) is 2.46. The number of aromatic nitrogens is 1. The molecule has 5 nitrogen and oxygen atoms in total.